The standard InChI is InChI=1S/C12H23NO3/c1-4-5-12(3,15)8-13-11(14)10-6-9(2)16-7-10/h9-10,15H,4-8H2,1-3H3,(H,13,14). The molecule has 0 aliphatic carbocycles. The Balaban J connectivity index is 2.29. The van der Waals surface area contributed by atoms with Crippen molar-refractivity contribution in [3.63, 3.8) is 0 Å². The Bertz CT molecular complexity index is 240. The molecule has 2 N–H and O–H groups in total. The van der Waals surface area contributed by atoms with Crippen molar-refractivity contribution in [3.05, 3.63) is 0 Å². The summed E-state index contributed by atoms with van der Waals surface area (Å²) in [6, 6.07) is 0. The lowest BCUT2D eigenvalue weighted by atomic mass is 10.00. The molecule has 1 rings (SSSR count). The summed E-state index contributed by atoms with van der Waals surface area (Å²) in [5.41, 5.74) is -0.796. The normalized spacial score (nSPS) is 28.8. The van der Waals surface area contributed by atoms with Crippen molar-refractivity contribution in [2.24, 2.45) is 5.92 Å². The minimum Gasteiger partial charge on any atom is -0.388 e. The zero-order chi connectivity index (χ0) is 12.2. The molecule has 1 saturated heterocycles. The lowest BCUT2D eigenvalue weighted by Gasteiger charge is -2.23. The highest BCUT2D eigenvalue weighted by molar-refractivity contribution is 5.79. The van der Waals surface area contributed by atoms with E-state index in [1.54, 1.807) is 6.92 Å². The maximum Gasteiger partial charge on any atom is 0.225 e. The highest BCUT2D eigenvalue weighted by atomic mass is 16.5. The van der Waals surface area contributed by atoms with Crippen molar-refractivity contribution < 1.29 is 14.6 Å². The van der Waals surface area contributed by atoms with Gasteiger partial charge in [0.15, 0.2) is 0 Å². The maximum atomic E-state index is 11.7. The molecule has 16 heavy (non-hydrogen) atoms. The fourth-order valence-electron chi connectivity index (χ4n) is 2.05. The first-order valence-corrected chi connectivity index (χ1v) is 6.06. The Morgan fingerprint density at radius 2 is 2.31 bits per heavy atom. The van der Waals surface area contributed by atoms with Gasteiger partial charge in [0.05, 0.1) is 24.2 Å². The SMILES string of the molecule is CCCC(C)(O)CNC(=O)C1COC(C)C1. The number of hydrogen-bond acceptors (Lipinski definition) is 3. The first-order chi connectivity index (χ1) is 7.44. The number of rotatable bonds is 5. The van der Waals surface area contributed by atoms with E-state index in [1.807, 2.05) is 13.8 Å². The molecule has 3 unspecified atom stereocenters. The molecule has 1 aliphatic heterocycles. The number of carbonyl (C=O) groups is 1. The van der Waals surface area contributed by atoms with Gasteiger partial charge in [0.25, 0.3) is 0 Å². The van der Waals surface area contributed by atoms with Crippen molar-refractivity contribution in [2.75, 3.05) is 13.2 Å². The predicted molar refractivity (Wildman–Crippen MR) is 62.1 cm³/mol. The Labute approximate surface area is 97.4 Å². The van der Waals surface area contributed by atoms with E-state index in [1.165, 1.54) is 0 Å². The van der Waals surface area contributed by atoms with Crippen molar-refractivity contribution in [1.82, 2.24) is 5.32 Å². The number of carbonyl (C=O) groups excluding carboxylic acids is 1. The predicted octanol–water partition coefficient (Wildman–Crippen LogP) is 1.08. The van der Waals surface area contributed by atoms with Crippen molar-refractivity contribution in [2.45, 2.75) is 51.7 Å². The van der Waals surface area contributed by atoms with Crippen LogP contribution < -0.4 is 5.32 Å². The fourth-order valence-corrected chi connectivity index (χ4v) is 2.05. The second-order valence-electron chi connectivity index (χ2n) is 5.04. The monoisotopic (exact) mass is 229 g/mol. The summed E-state index contributed by atoms with van der Waals surface area (Å²) < 4.78 is 5.34. The molecule has 1 fully saturated rings. The second kappa shape index (κ2) is 5.64. The van der Waals surface area contributed by atoms with Gasteiger partial charge in [-0.25, -0.2) is 0 Å². The molecule has 1 heterocycles. The summed E-state index contributed by atoms with van der Waals surface area (Å²) in [6.45, 7) is 6.57. The lowest BCUT2D eigenvalue weighted by Crippen LogP contribution is -2.42. The van der Waals surface area contributed by atoms with Crippen molar-refractivity contribution in [1.29, 1.82) is 0 Å². The number of hydrogen-bond donors (Lipinski definition) is 2. The molecule has 0 bridgehead atoms. The molecular weight excluding hydrogens is 206 g/mol. The molecular formula is C12H23NO3. The fraction of sp³-hybridized carbons (Fsp3) is 0.917. The molecule has 0 radical (unpaired) electrons. The molecule has 0 aromatic rings. The Morgan fingerprint density at radius 1 is 1.62 bits per heavy atom. The molecule has 0 aromatic carbocycles. The maximum absolute atomic E-state index is 11.7. The van der Waals surface area contributed by atoms with Gasteiger partial charge in [-0.05, 0) is 26.7 Å². The van der Waals surface area contributed by atoms with E-state index in [-0.39, 0.29) is 17.9 Å². The Morgan fingerprint density at radius 3 is 2.81 bits per heavy atom. The first kappa shape index (κ1) is 13.5. The van der Waals surface area contributed by atoms with Gasteiger partial charge < -0.3 is 15.2 Å². The number of amides is 1. The van der Waals surface area contributed by atoms with Gasteiger partial charge in [-0.1, -0.05) is 13.3 Å². The van der Waals surface area contributed by atoms with Crippen LogP contribution in [0.1, 0.15) is 40.0 Å². The average molecular weight is 229 g/mol. The van der Waals surface area contributed by atoms with E-state index >= 15 is 0 Å². The topological polar surface area (TPSA) is 58.6 Å². The molecule has 94 valence electrons. The molecule has 0 saturated carbocycles. The summed E-state index contributed by atoms with van der Waals surface area (Å²) >= 11 is 0. The Kier molecular flexibility index (Phi) is 4.74. The zero-order valence-electron chi connectivity index (χ0n) is 10.5. The quantitative estimate of drug-likeness (QED) is 0.741. The molecule has 4 nitrogen and oxygen atoms in total. The van der Waals surface area contributed by atoms with Gasteiger partial charge in [0.2, 0.25) is 5.91 Å². The lowest BCUT2D eigenvalue weighted by molar-refractivity contribution is -0.126. The third kappa shape index (κ3) is 4.10. The largest absolute Gasteiger partial charge is 0.388 e. The number of nitrogens with one attached hydrogen (secondary N) is 1. The zero-order valence-corrected chi connectivity index (χ0v) is 10.5. The number of aliphatic hydroxyl groups is 1. The molecule has 1 aliphatic rings. The van der Waals surface area contributed by atoms with Gasteiger partial charge in [-0.2, -0.15) is 0 Å². The van der Waals surface area contributed by atoms with Crippen LogP contribution in [0.4, 0.5) is 0 Å². The van der Waals surface area contributed by atoms with Crippen LogP contribution in [0, 0.1) is 5.92 Å². The van der Waals surface area contributed by atoms with E-state index < -0.39 is 5.60 Å². The average Bonchev–Trinajstić information content (AvgIpc) is 2.61. The molecule has 4 heteroatoms. The summed E-state index contributed by atoms with van der Waals surface area (Å²) in [7, 11) is 0. The van der Waals surface area contributed by atoms with E-state index in [2.05, 4.69) is 5.32 Å². The van der Waals surface area contributed by atoms with E-state index in [0.717, 1.165) is 12.8 Å². The number of ether oxygens (including phenoxy) is 1. The van der Waals surface area contributed by atoms with Crippen molar-refractivity contribution in [3.8, 4) is 0 Å². The minimum atomic E-state index is -0.796. The van der Waals surface area contributed by atoms with Gasteiger partial charge in [0, 0.05) is 6.54 Å². The van der Waals surface area contributed by atoms with Crippen LogP contribution >= 0.6 is 0 Å². The van der Waals surface area contributed by atoms with E-state index in [0.29, 0.717) is 19.6 Å². The van der Waals surface area contributed by atoms with E-state index in [9.17, 15) is 9.90 Å². The first-order valence-electron chi connectivity index (χ1n) is 6.06. The third-order valence-corrected chi connectivity index (χ3v) is 3.00. The van der Waals surface area contributed by atoms with Gasteiger partial charge in [-0.15, -0.1) is 0 Å². The summed E-state index contributed by atoms with van der Waals surface area (Å²) in [5.74, 6) is -0.0480. The highest BCUT2D eigenvalue weighted by Gasteiger charge is 2.29. The van der Waals surface area contributed by atoms with Gasteiger partial charge >= 0.3 is 0 Å². The smallest absolute Gasteiger partial charge is 0.225 e. The van der Waals surface area contributed by atoms with E-state index in [4.69, 9.17) is 4.74 Å². The van der Waals surface area contributed by atoms with Crippen LogP contribution in [0.2, 0.25) is 0 Å². The molecule has 3 atom stereocenters. The minimum absolute atomic E-state index is 0.000674. The van der Waals surface area contributed by atoms with Crippen molar-refractivity contribution >= 4 is 5.91 Å². The van der Waals surface area contributed by atoms with Crippen LogP contribution in [0.25, 0.3) is 0 Å². The van der Waals surface area contributed by atoms with Crippen LogP contribution in [0.15, 0.2) is 0 Å². The highest BCUT2D eigenvalue weighted by Crippen LogP contribution is 2.19. The van der Waals surface area contributed by atoms with Crippen LogP contribution in [-0.4, -0.2) is 35.9 Å². The van der Waals surface area contributed by atoms with Crippen LogP contribution in [0.5, 0.6) is 0 Å². The third-order valence-electron chi connectivity index (χ3n) is 3.00. The van der Waals surface area contributed by atoms with Gasteiger partial charge in [0.1, 0.15) is 0 Å². The second-order valence-corrected chi connectivity index (χ2v) is 5.04. The molecule has 0 aromatic heterocycles. The molecule has 1 amide bonds. The van der Waals surface area contributed by atoms with Crippen LogP contribution in [0.3, 0.4) is 0 Å². The van der Waals surface area contributed by atoms with Crippen LogP contribution in [-0.2, 0) is 9.53 Å². The summed E-state index contributed by atoms with van der Waals surface area (Å²) in [5, 5.41) is 12.7. The molecule has 0 spiro atoms. The summed E-state index contributed by atoms with van der Waals surface area (Å²) in [4.78, 5) is 11.7. The van der Waals surface area contributed by atoms with Gasteiger partial charge in [-0.3, -0.25) is 4.79 Å². The Hall–Kier alpha value is -0.610. The summed E-state index contributed by atoms with van der Waals surface area (Å²) in [6.07, 6.45) is 2.56.